The van der Waals surface area contributed by atoms with E-state index in [0.717, 1.165) is 31.6 Å². The Labute approximate surface area is 112 Å². The molecular formula is C14H19N3O2. The number of aliphatic hydroxyl groups is 1. The maximum Gasteiger partial charge on any atom is 0.250 e. The number of carbonyl (C=O) groups excluding carboxylic acids is 1. The van der Waals surface area contributed by atoms with Crippen molar-refractivity contribution in [1.29, 1.82) is 0 Å². The fourth-order valence-corrected chi connectivity index (χ4v) is 3.53. The van der Waals surface area contributed by atoms with E-state index in [1.807, 2.05) is 0 Å². The molecule has 0 bridgehead atoms. The van der Waals surface area contributed by atoms with Crippen LogP contribution in [0.5, 0.6) is 0 Å². The molecule has 1 saturated carbocycles. The summed E-state index contributed by atoms with van der Waals surface area (Å²) < 4.78 is 0. The second kappa shape index (κ2) is 4.42. The SMILES string of the molecule is NC(=O)c1cccc(N)c1N1CC2CCC(O)C2C1. The molecule has 19 heavy (non-hydrogen) atoms. The molecule has 5 N–H and O–H groups in total. The van der Waals surface area contributed by atoms with E-state index in [2.05, 4.69) is 4.90 Å². The van der Waals surface area contributed by atoms with Crippen molar-refractivity contribution in [2.75, 3.05) is 23.7 Å². The van der Waals surface area contributed by atoms with Crippen LogP contribution in [-0.4, -0.2) is 30.2 Å². The highest BCUT2D eigenvalue weighted by molar-refractivity contribution is 6.01. The molecule has 0 radical (unpaired) electrons. The van der Waals surface area contributed by atoms with Gasteiger partial charge in [-0.05, 0) is 30.9 Å². The minimum absolute atomic E-state index is 0.225. The highest BCUT2D eigenvalue weighted by Gasteiger charge is 2.42. The summed E-state index contributed by atoms with van der Waals surface area (Å²) in [5.41, 5.74) is 13.2. The van der Waals surface area contributed by atoms with E-state index in [1.54, 1.807) is 18.2 Å². The number of amides is 1. The zero-order chi connectivity index (χ0) is 13.6. The van der Waals surface area contributed by atoms with Gasteiger partial charge < -0.3 is 21.5 Å². The van der Waals surface area contributed by atoms with Gasteiger partial charge in [-0.1, -0.05) is 6.07 Å². The van der Waals surface area contributed by atoms with Gasteiger partial charge in [-0.3, -0.25) is 4.79 Å². The third kappa shape index (κ3) is 1.94. The topological polar surface area (TPSA) is 92.6 Å². The van der Waals surface area contributed by atoms with Crippen LogP contribution in [0.1, 0.15) is 23.2 Å². The monoisotopic (exact) mass is 261 g/mol. The summed E-state index contributed by atoms with van der Waals surface area (Å²) in [4.78, 5) is 13.6. The highest BCUT2D eigenvalue weighted by atomic mass is 16.3. The number of nitrogens with two attached hydrogens (primary N) is 2. The molecule has 1 aliphatic carbocycles. The van der Waals surface area contributed by atoms with Crippen molar-refractivity contribution in [3.63, 3.8) is 0 Å². The standard InChI is InChI=1S/C14H19N3O2/c15-11-3-1-2-9(14(16)19)13(11)17-6-8-4-5-12(18)10(8)7-17/h1-3,8,10,12,18H,4-7,15H2,(H2,16,19). The molecule has 102 valence electrons. The second-order valence-corrected chi connectivity index (χ2v) is 5.58. The van der Waals surface area contributed by atoms with Crippen molar-refractivity contribution in [2.24, 2.45) is 17.6 Å². The first kappa shape index (κ1) is 12.3. The van der Waals surface area contributed by atoms with Gasteiger partial charge in [0.25, 0.3) is 5.91 Å². The summed E-state index contributed by atoms with van der Waals surface area (Å²) >= 11 is 0. The largest absolute Gasteiger partial charge is 0.397 e. The van der Waals surface area contributed by atoms with Gasteiger partial charge in [-0.2, -0.15) is 0 Å². The molecular weight excluding hydrogens is 242 g/mol. The zero-order valence-corrected chi connectivity index (χ0v) is 10.7. The molecule has 3 atom stereocenters. The fourth-order valence-electron chi connectivity index (χ4n) is 3.53. The van der Waals surface area contributed by atoms with Crippen molar-refractivity contribution >= 4 is 17.3 Å². The van der Waals surface area contributed by atoms with Gasteiger partial charge in [-0.25, -0.2) is 0 Å². The highest BCUT2D eigenvalue weighted by Crippen LogP contribution is 2.42. The van der Waals surface area contributed by atoms with Gasteiger partial charge in [0.15, 0.2) is 0 Å². The lowest BCUT2D eigenvalue weighted by Gasteiger charge is -2.24. The number of aliphatic hydroxyl groups excluding tert-OH is 1. The van der Waals surface area contributed by atoms with E-state index in [1.165, 1.54) is 0 Å². The van der Waals surface area contributed by atoms with Crippen LogP contribution in [0.25, 0.3) is 0 Å². The molecule has 3 unspecified atom stereocenters. The Morgan fingerprint density at radius 2 is 2.11 bits per heavy atom. The summed E-state index contributed by atoms with van der Waals surface area (Å²) in [6, 6.07) is 5.23. The van der Waals surface area contributed by atoms with E-state index >= 15 is 0 Å². The van der Waals surface area contributed by atoms with Crippen LogP contribution < -0.4 is 16.4 Å². The Hall–Kier alpha value is -1.75. The maximum absolute atomic E-state index is 11.5. The Balaban J connectivity index is 1.94. The molecule has 0 spiro atoms. The predicted molar refractivity (Wildman–Crippen MR) is 73.8 cm³/mol. The van der Waals surface area contributed by atoms with Crippen molar-refractivity contribution in [3.8, 4) is 0 Å². The number of nitrogen functional groups attached to an aromatic ring is 1. The Bertz CT molecular complexity index is 517. The number of nitrogens with zero attached hydrogens (tertiary/aromatic N) is 1. The third-order valence-electron chi connectivity index (χ3n) is 4.47. The normalized spacial score (nSPS) is 29.5. The van der Waals surface area contributed by atoms with Gasteiger partial charge in [0, 0.05) is 19.0 Å². The second-order valence-electron chi connectivity index (χ2n) is 5.58. The van der Waals surface area contributed by atoms with Crippen molar-refractivity contribution in [1.82, 2.24) is 0 Å². The van der Waals surface area contributed by atoms with E-state index in [0.29, 0.717) is 23.1 Å². The Morgan fingerprint density at radius 3 is 2.79 bits per heavy atom. The van der Waals surface area contributed by atoms with Crippen molar-refractivity contribution < 1.29 is 9.90 Å². The van der Waals surface area contributed by atoms with Crippen LogP contribution in [0.4, 0.5) is 11.4 Å². The average molecular weight is 261 g/mol. The lowest BCUT2D eigenvalue weighted by atomic mass is 10.00. The molecule has 1 aliphatic heterocycles. The fraction of sp³-hybridized carbons (Fsp3) is 0.500. The van der Waals surface area contributed by atoms with E-state index in [9.17, 15) is 9.90 Å². The molecule has 1 heterocycles. The van der Waals surface area contributed by atoms with Crippen LogP contribution in [-0.2, 0) is 0 Å². The number of primary amides is 1. The lowest BCUT2D eigenvalue weighted by Crippen LogP contribution is -2.28. The van der Waals surface area contributed by atoms with Gasteiger partial charge in [-0.15, -0.1) is 0 Å². The van der Waals surface area contributed by atoms with E-state index < -0.39 is 5.91 Å². The number of rotatable bonds is 2. The number of benzene rings is 1. The molecule has 5 heteroatoms. The van der Waals surface area contributed by atoms with Crippen molar-refractivity contribution in [3.05, 3.63) is 23.8 Å². The number of hydrogen-bond acceptors (Lipinski definition) is 4. The molecule has 1 saturated heterocycles. The number of anilines is 2. The lowest BCUT2D eigenvalue weighted by molar-refractivity contribution is 0.100. The van der Waals surface area contributed by atoms with Crippen LogP contribution in [0, 0.1) is 11.8 Å². The minimum atomic E-state index is -0.458. The Morgan fingerprint density at radius 1 is 1.32 bits per heavy atom. The van der Waals surface area contributed by atoms with Crippen LogP contribution in [0.2, 0.25) is 0 Å². The molecule has 3 rings (SSSR count). The smallest absolute Gasteiger partial charge is 0.250 e. The molecule has 2 fully saturated rings. The maximum atomic E-state index is 11.5. The number of para-hydroxylation sites is 1. The molecule has 5 nitrogen and oxygen atoms in total. The van der Waals surface area contributed by atoms with E-state index in [4.69, 9.17) is 11.5 Å². The molecule has 1 amide bonds. The minimum Gasteiger partial charge on any atom is -0.397 e. The molecule has 1 aromatic carbocycles. The van der Waals surface area contributed by atoms with Crippen LogP contribution in [0.3, 0.4) is 0 Å². The summed E-state index contributed by atoms with van der Waals surface area (Å²) in [6.45, 7) is 1.59. The first-order chi connectivity index (χ1) is 9.08. The van der Waals surface area contributed by atoms with Crippen molar-refractivity contribution in [2.45, 2.75) is 18.9 Å². The van der Waals surface area contributed by atoms with Gasteiger partial charge in [0.2, 0.25) is 0 Å². The van der Waals surface area contributed by atoms with E-state index in [-0.39, 0.29) is 6.10 Å². The average Bonchev–Trinajstić information content (AvgIpc) is 2.91. The molecule has 1 aromatic rings. The van der Waals surface area contributed by atoms with Crippen LogP contribution in [0.15, 0.2) is 18.2 Å². The van der Waals surface area contributed by atoms with Gasteiger partial charge in [0.1, 0.15) is 0 Å². The Kier molecular flexibility index (Phi) is 2.86. The first-order valence-electron chi connectivity index (χ1n) is 6.69. The summed E-state index contributed by atoms with van der Waals surface area (Å²) in [5, 5.41) is 9.96. The third-order valence-corrected chi connectivity index (χ3v) is 4.47. The molecule has 2 aliphatic rings. The first-order valence-corrected chi connectivity index (χ1v) is 6.69. The van der Waals surface area contributed by atoms with Gasteiger partial charge in [0.05, 0.1) is 23.0 Å². The number of fused-ring (bicyclic) bond motifs is 1. The number of carbonyl (C=O) groups is 1. The molecule has 0 aromatic heterocycles. The zero-order valence-electron chi connectivity index (χ0n) is 10.7. The quantitative estimate of drug-likeness (QED) is 0.679. The summed E-state index contributed by atoms with van der Waals surface area (Å²) in [5.74, 6) is 0.329. The van der Waals surface area contributed by atoms with Gasteiger partial charge >= 0.3 is 0 Å². The predicted octanol–water partition coefficient (Wildman–Crippen LogP) is 0.575. The number of hydrogen-bond donors (Lipinski definition) is 3. The van der Waals surface area contributed by atoms with Crippen LogP contribution >= 0.6 is 0 Å². The summed E-state index contributed by atoms with van der Waals surface area (Å²) in [6.07, 6.45) is 1.70. The summed E-state index contributed by atoms with van der Waals surface area (Å²) in [7, 11) is 0.